The maximum absolute atomic E-state index is 12.9. The fraction of sp³-hybridized carbons (Fsp3) is 0.364. The summed E-state index contributed by atoms with van der Waals surface area (Å²) >= 11 is 0. The molecular weight excluding hydrogens is 202 g/mol. The van der Waals surface area contributed by atoms with E-state index in [1.807, 2.05) is 0 Å². The van der Waals surface area contributed by atoms with Crippen LogP contribution in [-0.4, -0.2) is 13.1 Å². The first-order valence-corrected chi connectivity index (χ1v) is 4.47. The maximum Gasteiger partial charge on any atom is 0.309 e. The normalized spacial score (nSPS) is 11.2. The minimum absolute atomic E-state index is 0.0143. The maximum atomic E-state index is 12.9. The number of benzene rings is 1. The lowest BCUT2D eigenvalue weighted by Gasteiger charge is -2.11. The summed E-state index contributed by atoms with van der Waals surface area (Å²) in [7, 11) is 1.26. The smallest absolute Gasteiger partial charge is 0.309 e. The van der Waals surface area contributed by atoms with E-state index in [2.05, 4.69) is 4.74 Å². The van der Waals surface area contributed by atoms with Crippen molar-refractivity contribution in [3.8, 4) is 0 Å². The van der Waals surface area contributed by atoms with E-state index in [0.717, 1.165) is 6.92 Å². The predicted octanol–water partition coefficient (Wildman–Crippen LogP) is 2.51. The van der Waals surface area contributed by atoms with E-state index < -0.39 is 11.9 Å². The van der Waals surface area contributed by atoms with E-state index in [0.29, 0.717) is 5.56 Å². The van der Waals surface area contributed by atoms with Crippen LogP contribution >= 0.6 is 0 Å². The topological polar surface area (TPSA) is 26.3 Å². The summed E-state index contributed by atoms with van der Waals surface area (Å²) < 4.78 is 30.3. The number of esters is 1. The molecule has 0 atom stereocenters. The van der Waals surface area contributed by atoms with E-state index in [1.165, 1.54) is 25.3 Å². The van der Waals surface area contributed by atoms with Crippen molar-refractivity contribution in [2.24, 2.45) is 0 Å². The lowest BCUT2D eigenvalue weighted by molar-refractivity contribution is -0.139. The number of methoxy groups -OCH3 is 1. The fourth-order valence-corrected chi connectivity index (χ4v) is 1.19. The molecule has 0 saturated heterocycles. The van der Waals surface area contributed by atoms with Crippen LogP contribution in [0.15, 0.2) is 24.3 Å². The van der Waals surface area contributed by atoms with Gasteiger partial charge in [0, 0.05) is 12.5 Å². The molecular formula is C11H12F2O2. The van der Waals surface area contributed by atoms with E-state index in [-0.39, 0.29) is 12.0 Å². The third-order valence-electron chi connectivity index (χ3n) is 2.01. The van der Waals surface area contributed by atoms with Crippen LogP contribution in [-0.2, 0) is 21.9 Å². The average molecular weight is 214 g/mol. The molecule has 82 valence electrons. The number of halogens is 2. The fourth-order valence-electron chi connectivity index (χ4n) is 1.19. The van der Waals surface area contributed by atoms with Crippen LogP contribution in [0.2, 0.25) is 0 Å². The Balaban J connectivity index is 2.88. The van der Waals surface area contributed by atoms with Crippen molar-refractivity contribution in [2.75, 3.05) is 7.11 Å². The Bertz CT molecular complexity index is 356. The van der Waals surface area contributed by atoms with Gasteiger partial charge in [-0.05, 0) is 11.6 Å². The molecule has 0 N–H and O–H groups in total. The molecule has 1 aromatic rings. The SMILES string of the molecule is COC(=O)Cc1cccc(C(C)(F)F)c1. The molecule has 0 fully saturated rings. The van der Waals surface area contributed by atoms with Gasteiger partial charge in [-0.1, -0.05) is 18.2 Å². The lowest BCUT2D eigenvalue weighted by atomic mass is 10.0. The number of ether oxygens (including phenoxy) is 1. The highest BCUT2D eigenvalue weighted by atomic mass is 19.3. The molecule has 15 heavy (non-hydrogen) atoms. The van der Waals surface area contributed by atoms with Gasteiger partial charge in [0.2, 0.25) is 0 Å². The van der Waals surface area contributed by atoms with Crippen LogP contribution in [0.5, 0.6) is 0 Å². The Hall–Kier alpha value is -1.45. The molecule has 1 rings (SSSR count). The van der Waals surface area contributed by atoms with Crippen molar-refractivity contribution < 1.29 is 18.3 Å². The van der Waals surface area contributed by atoms with Crippen LogP contribution < -0.4 is 0 Å². The first-order valence-electron chi connectivity index (χ1n) is 4.47. The summed E-state index contributed by atoms with van der Waals surface area (Å²) in [4.78, 5) is 10.9. The molecule has 0 aromatic heterocycles. The van der Waals surface area contributed by atoms with Crippen LogP contribution in [0.25, 0.3) is 0 Å². The van der Waals surface area contributed by atoms with Crippen molar-refractivity contribution >= 4 is 5.97 Å². The Morgan fingerprint density at radius 3 is 2.67 bits per heavy atom. The van der Waals surface area contributed by atoms with Gasteiger partial charge in [0.1, 0.15) is 0 Å². The molecule has 0 saturated carbocycles. The van der Waals surface area contributed by atoms with Gasteiger partial charge in [0.25, 0.3) is 5.92 Å². The van der Waals surface area contributed by atoms with Crippen molar-refractivity contribution in [3.63, 3.8) is 0 Å². The second kappa shape index (κ2) is 4.38. The molecule has 1 aromatic carbocycles. The monoisotopic (exact) mass is 214 g/mol. The van der Waals surface area contributed by atoms with Crippen LogP contribution in [0.1, 0.15) is 18.1 Å². The molecule has 0 spiro atoms. The largest absolute Gasteiger partial charge is 0.469 e. The molecule has 0 aliphatic rings. The molecule has 0 radical (unpaired) electrons. The Morgan fingerprint density at radius 2 is 2.13 bits per heavy atom. The van der Waals surface area contributed by atoms with E-state index in [4.69, 9.17) is 0 Å². The van der Waals surface area contributed by atoms with E-state index >= 15 is 0 Å². The van der Waals surface area contributed by atoms with Gasteiger partial charge < -0.3 is 4.74 Å². The quantitative estimate of drug-likeness (QED) is 0.722. The second-order valence-corrected chi connectivity index (χ2v) is 3.34. The zero-order chi connectivity index (χ0) is 11.5. The summed E-state index contributed by atoms with van der Waals surface area (Å²) in [6.07, 6.45) is 0.0143. The first kappa shape index (κ1) is 11.6. The number of hydrogen-bond donors (Lipinski definition) is 0. The zero-order valence-corrected chi connectivity index (χ0v) is 8.59. The van der Waals surface area contributed by atoms with Crippen molar-refractivity contribution in [1.29, 1.82) is 0 Å². The molecule has 0 aliphatic heterocycles. The molecule has 2 nitrogen and oxygen atoms in total. The summed E-state index contributed by atoms with van der Waals surface area (Å²) in [6, 6.07) is 5.77. The Morgan fingerprint density at radius 1 is 1.47 bits per heavy atom. The predicted molar refractivity (Wildman–Crippen MR) is 51.7 cm³/mol. The van der Waals surface area contributed by atoms with Gasteiger partial charge in [-0.2, -0.15) is 0 Å². The molecule has 4 heteroatoms. The standard InChI is InChI=1S/C11H12F2O2/c1-11(12,13)9-5-3-4-8(6-9)7-10(14)15-2/h3-6H,7H2,1-2H3. The van der Waals surface area contributed by atoms with Gasteiger partial charge in [-0.15, -0.1) is 0 Å². The minimum Gasteiger partial charge on any atom is -0.469 e. The third kappa shape index (κ3) is 3.31. The lowest BCUT2D eigenvalue weighted by Crippen LogP contribution is -2.09. The van der Waals surface area contributed by atoms with Gasteiger partial charge >= 0.3 is 5.97 Å². The average Bonchev–Trinajstić information content (AvgIpc) is 2.17. The van der Waals surface area contributed by atoms with Crippen LogP contribution in [0.4, 0.5) is 8.78 Å². The van der Waals surface area contributed by atoms with Crippen LogP contribution in [0, 0.1) is 0 Å². The van der Waals surface area contributed by atoms with Crippen molar-refractivity contribution in [3.05, 3.63) is 35.4 Å². The third-order valence-corrected chi connectivity index (χ3v) is 2.01. The highest BCUT2D eigenvalue weighted by molar-refractivity contribution is 5.72. The first-order chi connectivity index (χ1) is 6.93. The molecule has 0 heterocycles. The molecule has 0 unspecified atom stereocenters. The summed E-state index contributed by atoms with van der Waals surface area (Å²) in [5, 5.41) is 0. The highest BCUT2D eigenvalue weighted by Gasteiger charge is 2.24. The van der Waals surface area contributed by atoms with Crippen molar-refractivity contribution in [1.82, 2.24) is 0 Å². The summed E-state index contributed by atoms with van der Waals surface area (Å²) in [6.45, 7) is 0.824. The highest BCUT2D eigenvalue weighted by Crippen LogP contribution is 2.27. The van der Waals surface area contributed by atoms with Gasteiger partial charge in [0.05, 0.1) is 13.5 Å². The zero-order valence-electron chi connectivity index (χ0n) is 8.59. The van der Waals surface area contributed by atoms with Crippen LogP contribution in [0.3, 0.4) is 0 Å². The van der Waals surface area contributed by atoms with Gasteiger partial charge in [-0.3, -0.25) is 4.79 Å². The minimum atomic E-state index is -2.88. The Labute approximate surface area is 86.9 Å². The Kier molecular flexibility index (Phi) is 3.39. The number of carbonyl (C=O) groups is 1. The van der Waals surface area contributed by atoms with Crippen molar-refractivity contribution in [2.45, 2.75) is 19.3 Å². The second-order valence-electron chi connectivity index (χ2n) is 3.34. The number of rotatable bonds is 3. The number of alkyl halides is 2. The molecule has 0 amide bonds. The number of carbonyl (C=O) groups excluding carboxylic acids is 1. The number of hydrogen-bond acceptors (Lipinski definition) is 2. The molecule has 0 aliphatic carbocycles. The van der Waals surface area contributed by atoms with Gasteiger partial charge in [-0.25, -0.2) is 8.78 Å². The molecule has 0 bridgehead atoms. The van der Waals surface area contributed by atoms with E-state index in [1.54, 1.807) is 6.07 Å². The van der Waals surface area contributed by atoms with E-state index in [9.17, 15) is 13.6 Å². The van der Waals surface area contributed by atoms with Gasteiger partial charge in [0.15, 0.2) is 0 Å². The summed E-state index contributed by atoms with van der Waals surface area (Å²) in [5.41, 5.74) is 0.435. The summed E-state index contributed by atoms with van der Waals surface area (Å²) in [5.74, 6) is -3.32.